The highest BCUT2D eigenvalue weighted by molar-refractivity contribution is 6.28. The van der Waals surface area contributed by atoms with Crippen molar-refractivity contribution >= 4 is 72.1 Å². The smallest absolute Gasteiger partial charge is 0.187 e. The lowest BCUT2D eigenvalue weighted by atomic mass is 9.91. The lowest BCUT2D eigenvalue weighted by Gasteiger charge is -2.29. The molecule has 0 spiro atoms. The van der Waals surface area contributed by atoms with Gasteiger partial charge in [0.25, 0.3) is 0 Å². The van der Waals surface area contributed by atoms with Crippen molar-refractivity contribution in [3.05, 3.63) is 174 Å². The SMILES string of the molecule is [C-]#[N+]c1ccc(N(c2ccc(F)cc2F)c2ccc3ccc4c(N(c5ccc(C#N)cc5)c5ccc(F)cc5F)ccc5ccc2c3c54)cc1. The van der Waals surface area contributed by atoms with Crippen LogP contribution >= 0.6 is 0 Å². The van der Waals surface area contributed by atoms with Gasteiger partial charge in [-0.1, -0.05) is 48.5 Å². The van der Waals surface area contributed by atoms with Crippen molar-refractivity contribution in [1.82, 2.24) is 0 Å². The molecule has 0 radical (unpaired) electrons. The quantitative estimate of drug-likeness (QED) is 0.101. The van der Waals surface area contributed by atoms with Crippen molar-refractivity contribution in [3.63, 3.8) is 0 Å². The molecule has 0 saturated carbocycles. The van der Waals surface area contributed by atoms with Crippen LogP contribution in [0.15, 0.2) is 133 Å². The van der Waals surface area contributed by atoms with Gasteiger partial charge in [-0.05, 0) is 94.3 Å². The van der Waals surface area contributed by atoms with Crippen LogP contribution in [0.3, 0.4) is 0 Å². The molecule has 0 fully saturated rings. The molecule has 0 saturated heterocycles. The average Bonchev–Trinajstić information content (AvgIpc) is 3.14. The lowest BCUT2D eigenvalue weighted by Crippen LogP contribution is -2.13. The summed E-state index contributed by atoms with van der Waals surface area (Å²) in [6.07, 6.45) is 0. The van der Waals surface area contributed by atoms with Crippen LogP contribution in [0.5, 0.6) is 0 Å². The van der Waals surface area contributed by atoms with E-state index in [-0.39, 0.29) is 11.4 Å². The van der Waals surface area contributed by atoms with Crippen molar-refractivity contribution in [3.8, 4) is 6.07 Å². The zero-order valence-electron chi connectivity index (χ0n) is 26.0. The number of nitrogens with zero attached hydrogens (tertiary/aromatic N) is 4. The number of rotatable bonds is 6. The highest BCUT2D eigenvalue weighted by Gasteiger charge is 2.24. The fourth-order valence-corrected chi connectivity index (χ4v) is 6.66. The minimum absolute atomic E-state index is 0.118. The summed E-state index contributed by atoms with van der Waals surface area (Å²) in [7, 11) is 0. The van der Waals surface area contributed by atoms with Gasteiger partial charge in [0.05, 0.1) is 41.0 Å². The first-order valence-electron chi connectivity index (χ1n) is 15.5. The third-order valence-electron chi connectivity index (χ3n) is 8.89. The van der Waals surface area contributed by atoms with Crippen LogP contribution in [0.2, 0.25) is 0 Å². The molecule has 0 bridgehead atoms. The molecule has 50 heavy (non-hydrogen) atoms. The Kier molecular flexibility index (Phi) is 7.28. The maximum atomic E-state index is 15.6. The van der Waals surface area contributed by atoms with Gasteiger partial charge in [0.1, 0.15) is 23.3 Å². The molecular formula is C42H22F4N4. The first-order valence-corrected chi connectivity index (χ1v) is 15.5. The van der Waals surface area contributed by atoms with Crippen LogP contribution in [-0.4, -0.2) is 0 Å². The third kappa shape index (κ3) is 4.99. The van der Waals surface area contributed by atoms with Crippen molar-refractivity contribution in [2.45, 2.75) is 0 Å². The summed E-state index contributed by atoms with van der Waals surface area (Å²) in [5.74, 6) is -2.93. The molecule has 238 valence electrons. The van der Waals surface area contributed by atoms with E-state index >= 15 is 8.78 Å². The van der Waals surface area contributed by atoms with Crippen LogP contribution in [-0.2, 0) is 0 Å². The molecular weight excluding hydrogens is 636 g/mol. The highest BCUT2D eigenvalue weighted by atomic mass is 19.1. The van der Waals surface area contributed by atoms with Gasteiger partial charge in [0, 0.05) is 34.3 Å². The Morgan fingerprint density at radius 3 is 1.34 bits per heavy atom. The Hall–Kier alpha value is -6.90. The van der Waals surface area contributed by atoms with E-state index in [0.29, 0.717) is 34.0 Å². The lowest BCUT2D eigenvalue weighted by molar-refractivity contribution is 0.583. The predicted molar refractivity (Wildman–Crippen MR) is 190 cm³/mol. The Bertz CT molecular complexity index is 2490. The van der Waals surface area contributed by atoms with E-state index < -0.39 is 23.3 Å². The van der Waals surface area contributed by atoms with Crippen LogP contribution in [0.1, 0.15) is 5.56 Å². The summed E-state index contributed by atoms with van der Waals surface area (Å²) >= 11 is 0. The topological polar surface area (TPSA) is 34.6 Å². The largest absolute Gasteiger partial charge is 0.307 e. The predicted octanol–water partition coefficient (Wildman–Crippen LogP) is 12.5. The van der Waals surface area contributed by atoms with Gasteiger partial charge in [0.2, 0.25) is 0 Å². The number of nitriles is 1. The Balaban J connectivity index is 1.41. The van der Waals surface area contributed by atoms with Crippen LogP contribution < -0.4 is 9.80 Å². The molecule has 0 unspecified atom stereocenters. The number of hydrogen-bond acceptors (Lipinski definition) is 3. The van der Waals surface area contributed by atoms with Crippen molar-refractivity contribution in [1.29, 1.82) is 5.26 Å². The Morgan fingerprint density at radius 1 is 0.500 bits per heavy atom. The highest BCUT2D eigenvalue weighted by Crippen LogP contribution is 2.48. The van der Waals surface area contributed by atoms with E-state index in [2.05, 4.69) is 10.9 Å². The standard InChI is InChI=1S/C42H22F4N4/c1-48-30-10-14-32(15-11-30)50(40-21-9-29(44)23-36(40)46)38-19-7-27-4-16-33-37(18-6-26-5-17-34(38)42(27)41(26)33)49(31-12-2-25(24-47)3-13-31)39-20-8-28(43)22-35(39)45/h2-23H. The summed E-state index contributed by atoms with van der Waals surface area (Å²) in [6.45, 7) is 7.39. The van der Waals surface area contributed by atoms with Gasteiger partial charge in [-0.3, -0.25) is 0 Å². The van der Waals surface area contributed by atoms with Gasteiger partial charge in [-0.25, -0.2) is 22.4 Å². The zero-order chi connectivity index (χ0) is 34.5. The average molecular weight is 659 g/mol. The molecule has 0 heterocycles. The monoisotopic (exact) mass is 658 g/mol. The van der Waals surface area contributed by atoms with E-state index in [1.807, 2.05) is 48.5 Å². The second-order valence-corrected chi connectivity index (χ2v) is 11.7. The van der Waals surface area contributed by atoms with Crippen molar-refractivity contribution in [2.75, 3.05) is 9.80 Å². The number of anilines is 6. The Labute approximate surface area is 284 Å². The molecule has 8 heteroatoms. The minimum atomic E-state index is -0.761. The second kappa shape index (κ2) is 12.0. The molecule has 0 atom stereocenters. The maximum Gasteiger partial charge on any atom is 0.187 e. The van der Waals surface area contributed by atoms with E-state index in [1.165, 1.54) is 24.3 Å². The van der Waals surface area contributed by atoms with E-state index in [1.54, 1.807) is 58.3 Å². The summed E-state index contributed by atoms with van der Waals surface area (Å²) < 4.78 is 59.4. The molecule has 0 N–H and O–H groups in total. The minimum Gasteiger partial charge on any atom is -0.307 e. The summed E-state index contributed by atoms with van der Waals surface area (Å²) in [6, 6.07) is 37.8. The molecule has 8 aromatic rings. The fourth-order valence-electron chi connectivity index (χ4n) is 6.66. The molecule has 0 aromatic heterocycles. The van der Waals surface area contributed by atoms with Crippen molar-refractivity contribution in [2.24, 2.45) is 0 Å². The number of hydrogen-bond donors (Lipinski definition) is 0. The first-order chi connectivity index (χ1) is 24.3. The number of benzene rings is 8. The van der Waals surface area contributed by atoms with Gasteiger partial charge in [0.15, 0.2) is 5.69 Å². The number of halogens is 4. The third-order valence-corrected chi connectivity index (χ3v) is 8.89. The summed E-state index contributed by atoms with van der Waals surface area (Å²) in [5, 5.41) is 14.5. The van der Waals surface area contributed by atoms with Crippen LogP contribution in [0, 0.1) is 41.2 Å². The van der Waals surface area contributed by atoms with Gasteiger partial charge in [-0.15, -0.1) is 0 Å². The molecule has 0 amide bonds. The maximum absolute atomic E-state index is 15.6. The normalized spacial score (nSPS) is 11.2. The first kappa shape index (κ1) is 30.4. The Morgan fingerprint density at radius 2 is 0.920 bits per heavy atom. The molecule has 0 aliphatic rings. The fraction of sp³-hybridized carbons (Fsp3) is 0. The van der Waals surface area contributed by atoms with E-state index in [9.17, 15) is 14.0 Å². The van der Waals surface area contributed by atoms with Crippen LogP contribution in [0.25, 0.3) is 37.2 Å². The summed E-state index contributed by atoms with van der Waals surface area (Å²) in [5.41, 5.74) is 3.45. The van der Waals surface area contributed by atoms with E-state index in [4.69, 9.17) is 6.57 Å². The van der Waals surface area contributed by atoms with Crippen LogP contribution in [0.4, 0.5) is 57.4 Å². The van der Waals surface area contributed by atoms with Gasteiger partial charge in [-0.2, -0.15) is 5.26 Å². The molecule has 4 nitrogen and oxygen atoms in total. The molecule has 0 aliphatic carbocycles. The molecule has 8 rings (SSSR count). The second-order valence-electron chi connectivity index (χ2n) is 11.7. The van der Waals surface area contributed by atoms with Gasteiger partial charge >= 0.3 is 0 Å². The summed E-state index contributed by atoms with van der Waals surface area (Å²) in [4.78, 5) is 6.88. The van der Waals surface area contributed by atoms with E-state index in [0.717, 1.165) is 44.5 Å². The van der Waals surface area contributed by atoms with Gasteiger partial charge < -0.3 is 9.80 Å². The zero-order valence-corrected chi connectivity index (χ0v) is 26.0. The van der Waals surface area contributed by atoms with Crippen molar-refractivity contribution < 1.29 is 17.6 Å². The molecule has 8 aromatic carbocycles. The molecule has 0 aliphatic heterocycles.